The lowest BCUT2D eigenvalue weighted by atomic mass is 10.0. The fraction of sp³-hybridized carbons (Fsp3) is 0.471. The van der Waals surface area contributed by atoms with Gasteiger partial charge in [0.15, 0.2) is 0 Å². The molecule has 1 N–H and O–H groups in total. The Hall–Kier alpha value is -1.95. The Balaban J connectivity index is 1.31. The minimum absolute atomic E-state index is 0.135. The summed E-state index contributed by atoms with van der Waals surface area (Å²) < 4.78 is 4.43. The normalized spacial score (nSPS) is 18.9. The lowest BCUT2D eigenvalue weighted by molar-refractivity contribution is 0.0718. The number of aromatic nitrogens is 2. The molecule has 120 valence electrons. The second-order valence-corrected chi connectivity index (χ2v) is 7.06. The number of amides is 1. The molecule has 0 radical (unpaired) electrons. The molecule has 1 saturated heterocycles. The number of carbonyl (C=O) groups is 1. The van der Waals surface area contributed by atoms with E-state index in [0.717, 1.165) is 42.5 Å². The topological polar surface area (TPSA) is 58.1 Å². The van der Waals surface area contributed by atoms with Gasteiger partial charge in [0.2, 0.25) is 5.13 Å². The van der Waals surface area contributed by atoms with Gasteiger partial charge in [-0.1, -0.05) is 18.2 Å². The molecule has 0 bridgehead atoms. The number of nitrogens with one attached hydrogen (secondary N) is 1. The lowest BCUT2D eigenvalue weighted by Gasteiger charge is -2.32. The Morgan fingerprint density at radius 2 is 1.87 bits per heavy atom. The van der Waals surface area contributed by atoms with Crippen LogP contribution in [0.2, 0.25) is 0 Å². The Bertz CT molecular complexity index is 675. The van der Waals surface area contributed by atoms with E-state index in [1.807, 2.05) is 35.2 Å². The zero-order valence-electron chi connectivity index (χ0n) is 12.9. The van der Waals surface area contributed by atoms with Crippen molar-refractivity contribution in [3.8, 4) is 0 Å². The smallest absolute Gasteiger partial charge is 0.253 e. The summed E-state index contributed by atoms with van der Waals surface area (Å²) in [6, 6.07) is 9.91. The Labute approximate surface area is 139 Å². The molecular weight excluding hydrogens is 308 g/mol. The summed E-state index contributed by atoms with van der Waals surface area (Å²) in [5, 5.41) is 4.42. The van der Waals surface area contributed by atoms with Gasteiger partial charge in [0.1, 0.15) is 5.82 Å². The molecule has 5 nitrogen and oxygen atoms in total. The molecule has 4 rings (SSSR count). The number of rotatable bonds is 4. The number of carbonyl (C=O) groups excluding carboxylic acids is 1. The molecule has 0 atom stereocenters. The SMILES string of the molecule is O=C(c1ccccc1)N1CCC(Nc2nc(C3CC3)ns2)CC1. The van der Waals surface area contributed by atoms with Gasteiger partial charge in [-0.15, -0.1) is 0 Å². The first-order valence-corrected chi connectivity index (χ1v) is 9.01. The minimum Gasteiger partial charge on any atom is -0.357 e. The van der Waals surface area contributed by atoms with Crippen molar-refractivity contribution in [2.75, 3.05) is 18.4 Å². The van der Waals surface area contributed by atoms with E-state index in [-0.39, 0.29) is 5.91 Å². The van der Waals surface area contributed by atoms with E-state index < -0.39 is 0 Å². The quantitative estimate of drug-likeness (QED) is 0.937. The van der Waals surface area contributed by atoms with Crippen LogP contribution in [0.5, 0.6) is 0 Å². The number of piperidine rings is 1. The van der Waals surface area contributed by atoms with Gasteiger partial charge in [-0.05, 0) is 37.8 Å². The fourth-order valence-electron chi connectivity index (χ4n) is 2.97. The Morgan fingerprint density at radius 1 is 1.13 bits per heavy atom. The third-order valence-corrected chi connectivity index (χ3v) is 5.18. The molecule has 1 aromatic carbocycles. The molecule has 23 heavy (non-hydrogen) atoms. The van der Waals surface area contributed by atoms with Crippen LogP contribution in [0.4, 0.5) is 5.13 Å². The van der Waals surface area contributed by atoms with Crippen molar-refractivity contribution in [1.82, 2.24) is 14.3 Å². The monoisotopic (exact) mass is 328 g/mol. The predicted molar refractivity (Wildman–Crippen MR) is 90.9 cm³/mol. The number of anilines is 1. The van der Waals surface area contributed by atoms with E-state index in [0.29, 0.717) is 12.0 Å². The van der Waals surface area contributed by atoms with Crippen LogP contribution >= 0.6 is 11.5 Å². The van der Waals surface area contributed by atoms with Gasteiger partial charge in [0.05, 0.1) is 0 Å². The summed E-state index contributed by atoms with van der Waals surface area (Å²) in [5.41, 5.74) is 0.775. The van der Waals surface area contributed by atoms with Crippen molar-refractivity contribution in [2.24, 2.45) is 0 Å². The van der Waals surface area contributed by atoms with Crippen molar-refractivity contribution in [1.29, 1.82) is 0 Å². The minimum atomic E-state index is 0.135. The number of hydrogen-bond acceptors (Lipinski definition) is 5. The summed E-state index contributed by atoms with van der Waals surface area (Å²) in [5.74, 6) is 1.75. The van der Waals surface area contributed by atoms with E-state index in [4.69, 9.17) is 0 Å². The molecule has 1 aliphatic heterocycles. The highest BCUT2D eigenvalue weighted by Gasteiger charge is 2.29. The predicted octanol–water partition coefficient (Wildman–Crippen LogP) is 3.13. The molecular formula is C17H20N4OS. The molecule has 0 spiro atoms. The molecule has 2 aromatic rings. The van der Waals surface area contributed by atoms with Crippen molar-refractivity contribution < 1.29 is 4.79 Å². The maximum absolute atomic E-state index is 12.4. The van der Waals surface area contributed by atoms with Gasteiger partial charge >= 0.3 is 0 Å². The van der Waals surface area contributed by atoms with E-state index in [1.54, 1.807) is 0 Å². The van der Waals surface area contributed by atoms with Crippen LogP contribution in [0.3, 0.4) is 0 Å². The second-order valence-electron chi connectivity index (χ2n) is 6.31. The van der Waals surface area contributed by atoms with Gasteiger partial charge in [-0.25, -0.2) is 4.98 Å². The van der Waals surface area contributed by atoms with E-state index in [2.05, 4.69) is 14.7 Å². The first kappa shape index (κ1) is 14.6. The standard InChI is InChI=1S/C17H20N4OS/c22-16(13-4-2-1-3-5-13)21-10-8-14(9-11-21)18-17-19-15(20-23-17)12-6-7-12/h1-5,12,14H,6-11H2,(H,18,19,20). The molecule has 2 aliphatic rings. The van der Waals surface area contributed by atoms with Crippen LogP contribution in [0, 0.1) is 0 Å². The van der Waals surface area contributed by atoms with Crippen molar-refractivity contribution in [3.63, 3.8) is 0 Å². The van der Waals surface area contributed by atoms with Crippen LogP contribution in [0.1, 0.15) is 47.8 Å². The first-order chi connectivity index (χ1) is 11.3. The van der Waals surface area contributed by atoms with Crippen LogP contribution < -0.4 is 5.32 Å². The largest absolute Gasteiger partial charge is 0.357 e. The maximum Gasteiger partial charge on any atom is 0.253 e. The molecule has 1 aliphatic carbocycles. The highest BCUT2D eigenvalue weighted by Crippen LogP contribution is 2.39. The van der Waals surface area contributed by atoms with Gasteiger partial charge in [0, 0.05) is 42.1 Å². The summed E-state index contributed by atoms with van der Waals surface area (Å²) >= 11 is 1.46. The van der Waals surface area contributed by atoms with Gasteiger partial charge in [-0.2, -0.15) is 4.37 Å². The summed E-state index contributed by atoms with van der Waals surface area (Å²) in [4.78, 5) is 19.0. The average Bonchev–Trinajstić information content (AvgIpc) is 3.36. The fourth-order valence-corrected chi connectivity index (χ4v) is 3.69. The zero-order chi connectivity index (χ0) is 15.6. The van der Waals surface area contributed by atoms with E-state index in [9.17, 15) is 4.79 Å². The van der Waals surface area contributed by atoms with Crippen molar-refractivity contribution in [2.45, 2.75) is 37.6 Å². The Morgan fingerprint density at radius 3 is 2.57 bits per heavy atom. The number of likely N-dealkylation sites (tertiary alicyclic amines) is 1. The van der Waals surface area contributed by atoms with Crippen molar-refractivity contribution in [3.05, 3.63) is 41.7 Å². The number of hydrogen-bond donors (Lipinski definition) is 1. The third-order valence-electron chi connectivity index (χ3n) is 4.51. The van der Waals surface area contributed by atoms with Gasteiger partial charge in [-0.3, -0.25) is 4.79 Å². The second kappa shape index (κ2) is 6.28. The van der Waals surface area contributed by atoms with Crippen LogP contribution in [0.15, 0.2) is 30.3 Å². The van der Waals surface area contributed by atoms with Crippen molar-refractivity contribution >= 4 is 22.6 Å². The molecule has 2 heterocycles. The van der Waals surface area contributed by atoms with E-state index in [1.165, 1.54) is 24.4 Å². The zero-order valence-corrected chi connectivity index (χ0v) is 13.8. The summed E-state index contributed by atoms with van der Waals surface area (Å²) in [7, 11) is 0. The van der Waals surface area contributed by atoms with Gasteiger partial charge in [0.25, 0.3) is 5.91 Å². The first-order valence-electron chi connectivity index (χ1n) is 8.24. The Kier molecular flexibility index (Phi) is 3.99. The molecule has 1 saturated carbocycles. The molecule has 2 fully saturated rings. The highest BCUT2D eigenvalue weighted by atomic mass is 32.1. The van der Waals surface area contributed by atoms with Crippen LogP contribution in [-0.4, -0.2) is 39.3 Å². The third kappa shape index (κ3) is 3.37. The lowest BCUT2D eigenvalue weighted by Crippen LogP contribution is -2.42. The number of benzene rings is 1. The number of nitrogens with zero attached hydrogens (tertiary/aromatic N) is 3. The average molecular weight is 328 g/mol. The van der Waals surface area contributed by atoms with Crippen LogP contribution in [0.25, 0.3) is 0 Å². The maximum atomic E-state index is 12.4. The van der Waals surface area contributed by atoms with Gasteiger partial charge < -0.3 is 10.2 Å². The highest BCUT2D eigenvalue weighted by molar-refractivity contribution is 7.09. The molecule has 1 amide bonds. The summed E-state index contributed by atoms with van der Waals surface area (Å²) in [6.07, 6.45) is 4.38. The van der Waals surface area contributed by atoms with E-state index >= 15 is 0 Å². The molecule has 6 heteroatoms. The van der Waals surface area contributed by atoms with Crippen LogP contribution in [-0.2, 0) is 0 Å². The molecule has 1 aromatic heterocycles. The molecule has 0 unspecified atom stereocenters. The summed E-state index contributed by atoms with van der Waals surface area (Å²) in [6.45, 7) is 1.58.